The maximum Gasteiger partial charge on any atom is 0.255 e. The van der Waals surface area contributed by atoms with E-state index in [9.17, 15) is 9.59 Å². The highest BCUT2D eigenvalue weighted by molar-refractivity contribution is 5.54. The Morgan fingerprint density at radius 2 is 2.45 bits per heavy atom. The number of nitrogens with zero attached hydrogens (tertiary/aromatic N) is 1. The minimum absolute atomic E-state index is 0.0599. The van der Waals surface area contributed by atoms with Gasteiger partial charge in [-0.15, -0.1) is 0 Å². The van der Waals surface area contributed by atoms with Gasteiger partial charge in [0.05, 0.1) is 0 Å². The lowest BCUT2D eigenvalue weighted by molar-refractivity contribution is -0.107. The molecule has 0 aromatic carbocycles. The summed E-state index contributed by atoms with van der Waals surface area (Å²) in [7, 11) is 0. The second-order valence-corrected chi connectivity index (χ2v) is 1.99. The van der Waals surface area contributed by atoms with Crippen LogP contribution in [0.4, 0.5) is 5.95 Å². The van der Waals surface area contributed by atoms with Gasteiger partial charge in [-0.3, -0.25) is 9.78 Å². The number of nitrogen functional groups attached to an aromatic ring is 1. The molecule has 0 saturated heterocycles. The molecule has 0 fully saturated rings. The number of nitrogens with one attached hydrogen (secondary N) is 1. The molecule has 11 heavy (non-hydrogen) atoms. The maximum absolute atomic E-state index is 10.9. The Morgan fingerprint density at radius 1 is 1.73 bits per heavy atom. The molecule has 0 aliphatic carbocycles. The molecule has 1 rings (SSSR count). The largest absolute Gasteiger partial charge is 0.369 e. The van der Waals surface area contributed by atoms with E-state index in [4.69, 9.17) is 5.73 Å². The first-order valence-electron chi connectivity index (χ1n) is 3.01. The molecule has 0 atom stereocenters. The first kappa shape index (κ1) is 7.46. The fraction of sp³-hybridized carbons (Fsp3) is 0.167. The number of anilines is 1. The second-order valence-electron chi connectivity index (χ2n) is 1.99. The summed E-state index contributed by atoms with van der Waals surface area (Å²) in [5, 5.41) is 0. The van der Waals surface area contributed by atoms with E-state index in [-0.39, 0.29) is 17.9 Å². The Bertz CT molecular complexity index is 318. The average molecular weight is 153 g/mol. The van der Waals surface area contributed by atoms with Gasteiger partial charge in [0.2, 0.25) is 0 Å². The Labute approximate surface area is 62.3 Å². The summed E-state index contributed by atoms with van der Waals surface area (Å²) in [6.45, 7) is 0. The molecule has 0 aliphatic heterocycles. The number of hydrogen-bond donors (Lipinski definition) is 2. The number of aldehydes is 1. The molecule has 0 radical (unpaired) electrons. The van der Waals surface area contributed by atoms with Crippen molar-refractivity contribution in [1.82, 2.24) is 9.97 Å². The topological polar surface area (TPSA) is 88.8 Å². The van der Waals surface area contributed by atoms with Gasteiger partial charge in [0.15, 0.2) is 5.95 Å². The minimum atomic E-state index is -0.357. The number of aromatic nitrogens is 2. The van der Waals surface area contributed by atoms with E-state index in [0.717, 1.165) is 0 Å². The predicted molar refractivity (Wildman–Crippen MR) is 39.0 cm³/mol. The Hall–Kier alpha value is -1.65. The number of nitrogens with two attached hydrogens (primary N) is 1. The van der Waals surface area contributed by atoms with Crippen molar-refractivity contribution < 1.29 is 4.79 Å². The summed E-state index contributed by atoms with van der Waals surface area (Å²) in [6, 6.07) is 0. The van der Waals surface area contributed by atoms with Crippen LogP contribution >= 0.6 is 0 Å². The average Bonchev–Trinajstić information content (AvgIpc) is 1.95. The Balaban J connectivity index is 3.09. The van der Waals surface area contributed by atoms with Crippen LogP contribution in [0.2, 0.25) is 0 Å². The third-order valence-electron chi connectivity index (χ3n) is 1.20. The first-order chi connectivity index (χ1) is 5.24. The van der Waals surface area contributed by atoms with E-state index >= 15 is 0 Å². The first-order valence-corrected chi connectivity index (χ1v) is 3.01. The van der Waals surface area contributed by atoms with Crippen LogP contribution in [-0.4, -0.2) is 16.3 Å². The highest BCUT2D eigenvalue weighted by Crippen LogP contribution is 1.88. The molecule has 1 heterocycles. The number of hydrogen-bond acceptors (Lipinski definition) is 4. The third kappa shape index (κ3) is 1.64. The second kappa shape index (κ2) is 2.96. The molecule has 0 saturated carbocycles. The molecule has 0 spiro atoms. The van der Waals surface area contributed by atoms with Crippen molar-refractivity contribution >= 4 is 12.2 Å². The van der Waals surface area contributed by atoms with E-state index in [2.05, 4.69) is 9.97 Å². The molecule has 1 aromatic heterocycles. The Kier molecular flexibility index (Phi) is 2.00. The Morgan fingerprint density at radius 3 is 3.00 bits per heavy atom. The van der Waals surface area contributed by atoms with Crippen LogP contribution < -0.4 is 11.3 Å². The van der Waals surface area contributed by atoms with E-state index in [1.165, 1.54) is 6.20 Å². The van der Waals surface area contributed by atoms with Crippen LogP contribution in [0, 0.1) is 0 Å². The van der Waals surface area contributed by atoms with Crippen molar-refractivity contribution in [2.75, 3.05) is 5.73 Å². The van der Waals surface area contributed by atoms with Crippen molar-refractivity contribution in [2.45, 2.75) is 6.42 Å². The van der Waals surface area contributed by atoms with Gasteiger partial charge >= 0.3 is 0 Å². The summed E-state index contributed by atoms with van der Waals surface area (Å²) >= 11 is 0. The molecule has 0 bridgehead atoms. The summed E-state index contributed by atoms with van der Waals surface area (Å²) < 4.78 is 0. The summed E-state index contributed by atoms with van der Waals surface area (Å²) in [5.74, 6) is 0.0599. The standard InChI is InChI=1S/C6H7N3O2/c7-6-8-3-4(1-2-10)5(11)9-6/h2-3H,1H2,(H3,7,8,9,11). The zero-order chi connectivity index (χ0) is 8.27. The van der Waals surface area contributed by atoms with Gasteiger partial charge in [-0.25, -0.2) is 4.98 Å². The van der Waals surface area contributed by atoms with Crippen molar-refractivity contribution in [2.24, 2.45) is 0 Å². The van der Waals surface area contributed by atoms with Crippen LogP contribution in [-0.2, 0) is 11.2 Å². The van der Waals surface area contributed by atoms with Crippen molar-refractivity contribution in [1.29, 1.82) is 0 Å². The van der Waals surface area contributed by atoms with E-state index in [0.29, 0.717) is 11.8 Å². The molecular weight excluding hydrogens is 146 g/mol. The minimum Gasteiger partial charge on any atom is -0.369 e. The number of rotatable bonds is 2. The highest BCUT2D eigenvalue weighted by Gasteiger charge is 1.98. The lowest BCUT2D eigenvalue weighted by Crippen LogP contribution is -2.15. The molecule has 3 N–H and O–H groups in total. The zero-order valence-electron chi connectivity index (χ0n) is 5.70. The van der Waals surface area contributed by atoms with Gasteiger partial charge in [0.25, 0.3) is 5.56 Å². The number of carbonyl (C=O) groups is 1. The quantitative estimate of drug-likeness (QED) is 0.538. The van der Waals surface area contributed by atoms with Gasteiger partial charge in [0, 0.05) is 18.2 Å². The molecular formula is C6H7N3O2. The number of aromatic amines is 1. The van der Waals surface area contributed by atoms with Crippen LogP contribution in [0.3, 0.4) is 0 Å². The molecule has 0 amide bonds. The van der Waals surface area contributed by atoms with Gasteiger partial charge in [-0.1, -0.05) is 0 Å². The number of carbonyl (C=O) groups excluding carboxylic acids is 1. The fourth-order valence-corrected chi connectivity index (χ4v) is 0.670. The molecule has 0 aliphatic rings. The lowest BCUT2D eigenvalue weighted by atomic mass is 10.3. The molecule has 58 valence electrons. The van der Waals surface area contributed by atoms with Crippen LogP contribution in [0.15, 0.2) is 11.0 Å². The van der Waals surface area contributed by atoms with Crippen LogP contribution in [0.5, 0.6) is 0 Å². The van der Waals surface area contributed by atoms with Crippen LogP contribution in [0.25, 0.3) is 0 Å². The molecule has 1 aromatic rings. The summed E-state index contributed by atoms with van der Waals surface area (Å²) in [4.78, 5) is 26.8. The SMILES string of the molecule is Nc1ncc(CC=O)c(=O)[nH]1. The highest BCUT2D eigenvalue weighted by atomic mass is 16.1. The predicted octanol–water partition coefficient (Wildman–Crippen LogP) is -0.906. The lowest BCUT2D eigenvalue weighted by Gasteiger charge is -1.93. The monoisotopic (exact) mass is 153 g/mol. The van der Waals surface area contributed by atoms with Gasteiger partial charge in [0.1, 0.15) is 6.29 Å². The normalized spacial score (nSPS) is 9.45. The van der Waals surface area contributed by atoms with E-state index in [1.807, 2.05) is 0 Å². The maximum atomic E-state index is 10.9. The summed E-state index contributed by atoms with van der Waals surface area (Å²) in [6.07, 6.45) is 2.01. The van der Waals surface area contributed by atoms with E-state index in [1.54, 1.807) is 0 Å². The smallest absolute Gasteiger partial charge is 0.255 e. The fourth-order valence-electron chi connectivity index (χ4n) is 0.670. The summed E-state index contributed by atoms with van der Waals surface area (Å²) in [5.41, 5.74) is 5.14. The van der Waals surface area contributed by atoms with Gasteiger partial charge < -0.3 is 10.5 Å². The third-order valence-corrected chi connectivity index (χ3v) is 1.20. The van der Waals surface area contributed by atoms with Crippen molar-refractivity contribution in [3.63, 3.8) is 0 Å². The van der Waals surface area contributed by atoms with Crippen molar-refractivity contribution in [3.05, 3.63) is 22.1 Å². The van der Waals surface area contributed by atoms with Crippen molar-refractivity contribution in [3.8, 4) is 0 Å². The van der Waals surface area contributed by atoms with Gasteiger partial charge in [-0.05, 0) is 0 Å². The number of H-pyrrole nitrogens is 1. The molecule has 0 unspecified atom stereocenters. The molecule has 5 heteroatoms. The van der Waals surface area contributed by atoms with Gasteiger partial charge in [-0.2, -0.15) is 0 Å². The van der Waals surface area contributed by atoms with Crippen LogP contribution in [0.1, 0.15) is 5.56 Å². The molecule has 5 nitrogen and oxygen atoms in total. The van der Waals surface area contributed by atoms with E-state index < -0.39 is 0 Å². The zero-order valence-corrected chi connectivity index (χ0v) is 5.70.